The SMILES string of the molecule is C#CCCC(C)(C)C1CCC(C)CC1=O. The molecule has 0 amide bonds. The molecule has 0 N–H and O–H groups in total. The molecule has 0 aromatic rings. The lowest BCUT2D eigenvalue weighted by Crippen LogP contribution is -2.35. The van der Waals surface area contributed by atoms with Crippen molar-refractivity contribution in [2.45, 2.75) is 52.9 Å². The predicted octanol–water partition coefficient (Wildman–Crippen LogP) is 3.43. The second-order valence-corrected chi connectivity index (χ2v) is 5.60. The second kappa shape index (κ2) is 4.84. The van der Waals surface area contributed by atoms with E-state index in [1.165, 1.54) is 6.42 Å². The zero-order chi connectivity index (χ0) is 11.5. The summed E-state index contributed by atoms with van der Waals surface area (Å²) in [5.74, 6) is 3.95. The number of hydrogen-bond donors (Lipinski definition) is 0. The summed E-state index contributed by atoms with van der Waals surface area (Å²) in [6.45, 7) is 6.54. The van der Waals surface area contributed by atoms with Gasteiger partial charge in [-0.25, -0.2) is 0 Å². The third-order valence-corrected chi connectivity index (χ3v) is 3.74. The molecule has 1 aliphatic rings. The van der Waals surface area contributed by atoms with Crippen LogP contribution in [-0.2, 0) is 4.79 Å². The molecule has 2 unspecified atom stereocenters. The number of carbonyl (C=O) groups excluding carboxylic acids is 1. The average molecular weight is 206 g/mol. The van der Waals surface area contributed by atoms with Crippen molar-refractivity contribution < 1.29 is 4.79 Å². The van der Waals surface area contributed by atoms with Crippen LogP contribution in [0.25, 0.3) is 0 Å². The molecule has 2 atom stereocenters. The lowest BCUT2D eigenvalue weighted by Gasteiger charge is -2.37. The zero-order valence-corrected chi connectivity index (χ0v) is 10.2. The third-order valence-electron chi connectivity index (χ3n) is 3.74. The maximum Gasteiger partial charge on any atom is 0.136 e. The van der Waals surface area contributed by atoms with Crippen LogP contribution < -0.4 is 0 Å². The maximum absolute atomic E-state index is 12.0. The van der Waals surface area contributed by atoms with Crippen LogP contribution in [-0.4, -0.2) is 5.78 Å². The molecular formula is C14H22O. The summed E-state index contributed by atoms with van der Waals surface area (Å²) in [5.41, 5.74) is 0.0869. The number of ketones is 1. The minimum atomic E-state index is 0.0869. The number of rotatable bonds is 3. The highest BCUT2D eigenvalue weighted by Crippen LogP contribution is 2.40. The molecule has 0 aromatic carbocycles. The van der Waals surface area contributed by atoms with E-state index in [9.17, 15) is 4.79 Å². The quantitative estimate of drug-likeness (QED) is 0.646. The van der Waals surface area contributed by atoms with Gasteiger partial charge in [0.25, 0.3) is 0 Å². The topological polar surface area (TPSA) is 17.1 Å². The fourth-order valence-electron chi connectivity index (χ4n) is 2.60. The molecule has 1 heteroatoms. The van der Waals surface area contributed by atoms with Crippen LogP contribution in [0.15, 0.2) is 0 Å². The summed E-state index contributed by atoms with van der Waals surface area (Å²) in [4.78, 5) is 12.0. The molecule has 1 saturated carbocycles. The first-order valence-electron chi connectivity index (χ1n) is 5.93. The Balaban J connectivity index is 2.62. The maximum atomic E-state index is 12.0. The van der Waals surface area contributed by atoms with E-state index in [1.54, 1.807) is 0 Å². The Hall–Kier alpha value is -0.770. The minimum Gasteiger partial charge on any atom is -0.299 e. The molecule has 0 aromatic heterocycles. The molecule has 1 fully saturated rings. The highest BCUT2D eigenvalue weighted by atomic mass is 16.1. The van der Waals surface area contributed by atoms with Crippen LogP contribution in [0, 0.1) is 29.6 Å². The molecule has 15 heavy (non-hydrogen) atoms. The second-order valence-electron chi connectivity index (χ2n) is 5.60. The van der Waals surface area contributed by atoms with Crippen LogP contribution in [0.1, 0.15) is 52.9 Å². The Bertz CT molecular complexity index is 270. The fraction of sp³-hybridized carbons (Fsp3) is 0.786. The lowest BCUT2D eigenvalue weighted by atomic mass is 9.66. The van der Waals surface area contributed by atoms with E-state index in [1.807, 2.05) is 0 Å². The summed E-state index contributed by atoms with van der Waals surface area (Å²) in [6.07, 6.45) is 10.0. The van der Waals surface area contributed by atoms with E-state index in [0.717, 1.165) is 25.7 Å². The molecule has 0 bridgehead atoms. The summed E-state index contributed by atoms with van der Waals surface area (Å²) in [6, 6.07) is 0. The summed E-state index contributed by atoms with van der Waals surface area (Å²) in [7, 11) is 0. The minimum absolute atomic E-state index is 0.0869. The van der Waals surface area contributed by atoms with Crippen molar-refractivity contribution in [1.29, 1.82) is 0 Å². The Morgan fingerprint density at radius 2 is 2.13 bits per heavy atom. The molecule has 0 spiro atoms. The standard InChI is InChI=1S/C14H22O/c1-5-6-9-14(3,4)12-8-7-11(2)10-13(12)15/h1,11-12H,6-10H2,2-4H3. The molecule has 1 rings (SSSR count). The number of hydrogen-bond acceptors (Lipinski definition) is 1. The molecule has 0 aliphatic heterocycles. The van der Waals surface area contributed by atoms with Gasteiger partial charge >= 0.3 is 0 Å². The fourth-order valence-corrected chi connectivity index (χ4v) is 2.60. The van der Waals surface area contributed by atoms with Gasteiger partial charge in [0.15, 0.2) is 0 Å². The predicted molar refractivity (Wildman–Crippen MR) is 63.4 cm³/mol. The van der Waals surface area contributed by atoms with Gasteiger partial charge in [0.1, 0.15) is 5.78 Å². The van der Waals surface area contributed by atoms with Crippen LogP contribution in [0.2, 0.25) is 0 Å². The number of carbonyl (C=O) groups is 1. The van der Waals surface area contributed by atoms with Gasteiger partial charge < -0.3 is 0 Å². The van der Waals surface area contributed by atoms with Crippen LogP contribution in [0.5, 0.6) is 0 Å². The van der Waals surface area contributed by atoms with Gasteiger partial charge in [0.2, 0.25) is 0 Å². The van der Waals surface area contributed by atoms with Gasteiger partial charge in [0.05, 0.1) is 0 Å². The van der Waals surface area contributed by atoms with Gasteiger partial charge in [-0.2, -0.15) is 0 Å². The molecular weight excluding hydrogens is 184 g/mol. The zero-order valence-electron chi connectivity index (χ0n) is 10.2. The Morgan fingerprint density at radius 3 is 2.67 bits per heavy atom. The van der Waals surface area contributed by atoms with E-state index in [2.05, 4.69) is 26.7 Å². The molecule has 1 nitrogen and oxygen atoms in total. The number of terminal acetylenes is 1. The van der Waals surface area contributed by atoms with Crippen molar-refractivity contribution in [3.8, 4) is 12.3 Å². The van der Waals surface area contributed by atoms with Crippen molar-refractivity contribution in [2.75, 3.05) is 0 Å². The van der Waals surface area contributed by atoms with Crippen LogP contribution in [0.3, 0.4) is 0 Å². The monoisotopic (exact) mass is 206 g/mol. The molecule has 0 radical (unpaired) electrons. The van der Waals surface area contributed by atoms with Crippen molar-refractivity contribution in [3.63, 3.8) is 0 Å². The number of Topliss-reactive ketones (excluding diaryl/α,β-unsaturated/α-hetero) is 1. The first-order chi connectivity index (χ1) is 6.97. The Kier molecular flexibility index (Phi) is 3.97. The van der Waals surface area contributed by atoms with Crippen LogP contribution >= 0.6 is 0 Å². The van der Waals surface area contributed by atoms with Crippen molar-refractivity contribution in [3.05, 3.63) is 0 Å². The van der Waals surface area contributed by atoms with Gasteiger partial charge in [-0.05, 0) is 30.6 Å². The molecule has 84 valence electrons. The molecule has 1 aliphatic carbocycles. The van der Waals surface area contributed by atoms with Crippen molar-refractivity contribution >= 4 is 5.78 Å². The first kappa shape index (κ1) is 12.3. The average Bonchev–Trinajstić information content (AvgIpc) is 2.14. The van der Waals surface area contributed by atoms with Gasteiger partial charge in [-0.15, -0.1) is 12.3 Å². The van der Waals surface area contributed by atoms with E-state index in [4.69, 9.17) is 6.42 Å². The lowest BCUT2D eigenvalue weighted by molar-refractivity contribution is -0.130. The largest absolute Gasteiger partial charge is 0.299 e. The highest BCUT2D eigenvalue weighted by molar-refractivity contribution is 5.82. The van der Waals surface area contributed by atoms with E-state index in [0.29, 0.717) is 11.7 Å². The van der Waals surface area contributed by atoms with E-state index < -0.39 is 0 Å². The highest BCUT2D eigenvalue weighted by Gasteiger charge is 2.37. The summed E-state index contributed by atoms with van der Waals surface area (Å²) in [5, 5.41) is 0. The van der Waals surface area contributed by atoms with Crippen molar-refractivity contribution in [2.24, 2.45) is 17.3 Å². The van der Waals surface area contributed by atoms with Crippen molar-refractivity contribution in [1.82, 2.24) is 0 Å². The summed E-state index contributed by atoms with van der Waals surface area (Å²) < 4.78 is 0. The van der Waals surface area contributed by atoms with E-state index >= 15 is 0 Å². The third kappa shape index (κ3) is 3.09. The Labute approximate surface area is 93.6 Å². The Morgan fingerprint density at radius 1 is 1.47 bits per heavy atom. The van der Waals surface area contributed by atoms with Gasteiger partial charge in [-0.3, -0.25) is 4.79 Å². The molecule has 0 heterocycles. The van der Waals surface area contributed by atoms with Gasteiger partial charge in [0, 0.05) is 18.8 Å². The molecule has 0 saturated heterocycles. The van der Waals surface area contributed by atoms with E-state index in [-0.39, 0.29) is 11.3 Å². The van der Waals surface area contributed by atoms with Crippen LogP contribution in [0.4, 0.5) is 0 Å². The smallest absolute Gasteiger partial charge is 0.136 e. The first-order valence-corrected chi connectivity index (χ1v) is 5.93. The summed E-state index contributed by atoms with van der Waals surface area (Å²) >= 11 is 0. The van der Waals surface area contributed by atoms with Gasteiger partial charge in [-0.1, -0.05) is 20.8 Å². The normalized spacial score (nSPS) is 27.5.